The first-order chi connectivity index (χ1) is 11.9. The van der Waals surface area contributed by atoms with E-state index in [2.05, 4.69) is 47.5 Å². The van der Waals surface area contributed by atoms with E-state index in [1.807, 2.05) is 6.20 Å². The van der Waals surface area contributed by atoms with E-state index in [9.17, 15) is 4.79 Å². The highest BCUT2D eigenvalue weighted by Gasteiger charge is 2.32. The van der Waals surface area contributed by atoms with E-state index in [1.165, 1.54) is 11.3 Å². The normalized spacial score (nSPS) is 21.3. The summed E-state index contributed by atoms with van der Waals surface area (Å²) in [6.07, 6.45) is 7.02. The summed E-state index contributed by atoms with van der Waals surface area (Å²) < 4.78 is 8.03. The van der Waals surface area contributed by atoms with Crippen LogP contribution in [0.4, 0.5) is 0 Å². The Kier molecular flexibility index (Phi) is 5.24. The number of carbonyl (C=O) groups is 1. The standard InChI is InChI=1S/C18H26N4O2S/c1-5-22-9-8-19-15(22)14-12(7-6-10-24-14)21-16(23)13-11-20-17(25-13)18(2,3)4/h8-9,11-12,14H,5-7,10H2,1-4H3,(H,21,23)/t12-,14-/m0/s1. The number of aryl methyl sites for hydroxylation is 1. The first-order valence-electron chi connectivity index (χ1n) is 8.80. The maximum absolute atomic E-state index is 12.7. The molecule has 7 heteroatoms. The average molecular weight is 362 g/mol. The molecule has 1 aliphatic heterocycles. The molecule has 0 spiro atoms. The second-order valence-corrected chi connectivity index (χ2v) is 8.40. The summed E-state index contributed by atoms with van der Waals surface area (Å²) in [4.78, 5) is 22.2. The molecule has 1 amide bonds. The van der Waals surface area contributed by atoms with Crippen LogP contribution in [0.1, 0.15) is 67.1 Å². The van der Waals surface area contributed by atoms with Gasteiger partial charge in [0.05, 0.1) is 17.2 Å². The van der Waals surface area contributed by atoms with Crippen LogP contribution in [0.3, 0.4) is 0 Å². The molecule has 3 heterocycles. The van der Waals surface area contributed by atoms with Crippen molar-refractivity contribution >= 4 is 17.2 Å². The molecule has 0 saturated carbocycles. The minimum atomic E-state index is -0.206. The highest BCUT2D eigenvalue weighted by molar-refractivity contribution is 7.13. The van der Waals surface area contributed by atoms with Crippen LogP contribution in [0.15, 0.2) is 18.6 Å². The van der Waals surface area contributed by atoms with Gasteiger partial charge in [-0.05, 0) is 19.8 Å². The number of amides is 1. The minimum Gasteiger partial charge on any atom is -0.368 e. The van der Waals surface area contributed by atoms with Gasteiger partial charge < -0.3 is 14.6 Å². The van der Waals surface area contributed by atoms with Crippen LogP contribution in [0, 0.1) is 0 Å². The third-order valence-corrected chi connectivity index (χ3v) is 5.77. The van der Waals surface area contributed by atoms with Crippen molar-refractivity contribution in [1.82, 2.24) is 19.9 Å². The number of hydrogen-bond acceptors (Lipinski definition) is 5. The molecule has 0 unspecified atom stereocenters. The van der Waals surface area contributed by atoms with Gasteiger partial charge in [-0.15, -0.1) is 11.3 Å². The van der Waals surface area contributed by atoms with E-state index in [-0.39, 0.29) is 23.5 Å². The van der Waals surface area contributed by atoms with Gasteiger partial charge in [0.1, 0.15) is 16.8 Å². The molecule has 0 aliphatic carbocycles. The predicted octanol–water partition coefficient (Wildman–Crippen LogP) is 3.31. The van der Waals surface area contributed by atoms with Crippen LogP contribution >= 0.6 is 11.3 Å². The first-order valence-corrected chi connectivity index (χ1v) is 9.61. The van der Waals surface area contributed by atoms with Crippen molar-refractivity contribution < 1.29 is 9.53 Å². The summed E-state index contributed by atoms with van der Waals surface area (Å²) in [7, 11) is 0. The topological polar surface area (TPSA) is 69.0 Å². The van der Waals surface area contributed by atoms with Crippen LogP contribution in [0.2, 0.25) is 0 Å². The average Bonchev–Trinajstić information content (AvgIpc) is 3.24. The third-order valence-electron chi connectivity index (χ3n) is 4.35. The van der Waals surface area contributed by atoms with Gasteiger partial charge >= 0.3 is 0 Å². The molecule has 3 rings (SSSR count). The van der Waals surface area contributed by atoms with Crippen molar-refractivity contribution in [3.05, 3.63) is 34.3 Å². The lowest BCUT2D eigenvalue weighted by Crippen LogP contribution is -2.43. The summed E-state index contributed by atoms with van der Waals surface area (Å²) >= 11 is 1.46. The van der Waals surface area contributed by atoms with Gasteiger partial charge in [0.25, 0.3) is 5.91 Å². The minimum absolute atomic E-state index is 0.0500. The monoisotopic (exact) mass is 362 g/mol. The second-order valence-electron chi connectivity index (χ2n) is 7.36. The van der Waals surface area contributed by atoms with Gasteiger partial charge in [-0.2, -0.15) is 0 Å². The van der Waals surface area contributed by atoms with Crippen molar-refractivity contribution in [2.24, 2.45) is 0 Å². The fraction of sp³-hybridized carbons (Fsp3) is 0.611. The van der Waals surface area contributed by atoms with Gasteiger partial charge in [-0.25, -0.2) is 9.97 Å². The van der Waals surface area contributed by atoms with E-state index in [0.717, 1.165) is 30.2 Å². The highest BCUT2D eigenvalue weighted by Crippen LogP contribution is 2.29. The molecular weight excluding hydrogens is 336 g/mol. The number of hydrogen-bond donors (Lipinski definition) is 1. The van der Waals surface area contributed by atoms with E-state index >= 15 is 0 Å². The fourth-order valence-electron chi connectivity index (χ4n) is 2.99. The van der Waals surface area contributed by atoms with E-state index in [4.69, 9.17) is 4.74 Å². The SMILES string of the molecule is CCn1ccnc1[C@H]1OCCC[C@@H]1NC(=O)c1cnc(C(C)(C)C)s1. The molecule has 136 valence electrons. The van der Waals surface area contributed by atoms with Gasteiger partial charge in [0.2, 0.25) is 0 Å². The molecule has 2 atom stereocenters. The van der Waals surface area contributed by atoms with Crippen molar-refractivity contribution in [1.29, 1.82) is 0 Å². The lowest BCUT2D eigenvalue weighted by molar-refractivity contribution is -0.0162. The molecule has 1 aliphatic rings. The van der Waals surface area contributed by atoms with Crippen molar-refractivity contribution in [3.63, 3.8) is 0 Å². The first kappa shape index (κ1) is 18.1. The zero-order valence-corrected chi connectivity index (χ0v) is 16.1. The smallest absolute Gasteiger partial charge is 0.263 e. The van der Waals surface area contributed by atoms with E-state index in [1.54, 1.807) is 12.4 Å². The summed E-state index contributed by atoms with van der Waals surface area (Å²) in [5.74, 6) is 0.801. The zero-order chi connectivity index (χ0) is 18.0. The summed E-state index contributed by atoms with van der Waals surface area (Å²) in [5.41, 5.74) is -0.0500. The van der Waals surface area contributed by atoms with Crippen LogP contribution in [0.25, 0.3) is 0 Å². The largest absolute Gasteiger partial charge is 0.368 e. The summed E-state index contributed by atoms with van der Waals surface area (Å²) in [6.45, 7) is 9.91. The molecule has 0 radical (unpaired) electrons. The highest BCUT2D eigenvalue weighted by atomic mass is 32.1. The maximum Gasteiger partial charge on any atom is 0.263 e. The number of thiazole rings is 1. The molecule has 25 heavy (non-hydrogen) atoms. The molecule has 2 aromatic rings. The van der Waals surface area contributed by atoms with E-state index < -0.39 is 0 Å². The Morgan fingerprint density at radius 1 is 1.44 bits per heavy atom. The van der Waals surface area contributed by atoms with E-state index in [0.29, 0.717) is 11.5 Å². The Bertz CT molecular complexity index is 732. The molecule has 1 saturated heterocycles. The molecule has 1 N–H and O–H groups in total. The Morgan fingerprint density at radius 3 is 2.92 bits per heavy atom. The van der Waals surface area contributed by atoms with Crippen LogP contribution < -0.4 is 5.32 Å². The number of aromatic nitrogens is 3. The Morgan fingerprint density at radius 2 is 2.24 bits per heavy atom. The van der Waals surface area contributed by atoms with Crippen molar-refractivity contribution in [2.75, 3.05) is 6.61 Å². The number of rotatable bonds is 4. The molecule has 0 bridgehead atoms. The number of nitrogens with zero attached hydrogens (tertiary/aromatic N) is 3. The van der Waals surface area contributed by atoms with Crippen molar-refractivity contribution in [2.45, 2.75) is 64.6 Å². The van der Waals surface area contributed by atoms with Gasteiger partial charge in [0, 0.05) is 31.0 Å². The summed E-state index contributed by atoms with van der Waals surface area (Å²) in [5, 5.41) is 4.11. The maximum atomic E-state index is 12.7. The lowest BCUT2D eigenvalue weighted by Gasteiger charge is -2.32. The Balaban J connectivity index is 1.75. The predicted molar refractivity (Wildman–Crippen MR) is 97.9 cm³/mol. The van der Waals surface area contributed by atoms with Crippen LogP contribution in [-0.4, -0.2) is 33.1 Å². The molecular formula is C18H26N4O2S. The summed E-state index contributed by atoms with van der Waals surface area (Å²) in [6, 6.07) is -0.0749. The molecule has 2 aromatic heterocycles. The Hall–Kier alpha value is -1.73. The molecule has 6 nitrogen and oxygen atoms in total. The zero-order valence-electron chi connectivity index (χ0n) is 15.3. The number of nitrogens with one attached hydrogen (secondary N) is 1. The number of imidazole rings is 1. The molecule has 0 aromatic carbocycles. The van der Waals surface area contributed by atoms with Crippen LogP contribution in [0.5, 0.6) is 0 Å². The molecule has 1 fully saturated rings. The number of carbonyl (C=O) groups excluding carboxylic acids is 1. The van der Waals surface area contributed by atoms with Crippen LogP contribution in [-0.2, 0) is 16.7 Å². The van der Waals surface area contributed by atoms with Crippen molar-refractivity contribution in [3.8, 4) is 0 Å². The van der Waals surface area contributed by atoms with Gasteiger partial charge in [0.15, 0.2) is 0 Å². The second kappa shape index (κ2) is 7.25. The fourth-order valence-corrected chi connectivity index (χ4v) is 3.87. The number of ether oxygens (including phenoxy) is 1. The van der Waals surface area contributed by atoms with Gasteiger partial charge in [-0.1, -0.05) is 20.8 Å². The lowest BCUT2D eigenvalue weighted by atomic mass is 9.98. The third kappa shape index (κ3) is 3.93. The Labute approximate surface area is 152 Å². The van der Waals surface area contributed by atoms with Gasteiger partial charge in [-0.3, -0.25) is 4.79 Å². The quantitative estimate of drug-likeness (QED) is 0.906.